The molecule has 0 atom stereocenters. The minimum Gasteiger partial charge on any atom is -0.381 e. The molecular weight excluding hydrogens is 404 g/mol. The maximum atomic E-state index is 13.1. The number of benzene rings is 1. The zero-order valence-electron chi connectivity index (χ0n) is 16.4. The Balaban J connectivity index is 1.53. The second-order valence-electron chi connectivity index (χ2n) is 7.50. The third kappa shape index (κ3) is 4.42. The Bertz CT molecular complexity index is 980. The van der Waals surface area contributed by atoms with E-state index in [1.807, 2.05) is 31.2 Å². The van der Waals surface area contributed by atoms with Crippen molar-refractivity contribution in [2.24, 2.45) is 0 Å². The van der Waals surface area contributed by atoms with Crippen molar-refractivity contribution in [3.05, 3.63) is 69.9 Å². The SMILES string of the molecule is Cc1nc(-c2cccnc2)sc1C(=O)CCC1(c2ccc(Cl)cc2)CCOCC1. The summed E-state index contributed by atoms with van der Waals surface area (Å²) in [4.78, 5) is 22.6. The molecule has 0 amide bonds. The number of pyridine rings is 1. The fraction of sp³-hybridized carbons (Fsp3) is 0.348. The van der Waals surface area contributed by atoms with Gasteiger partial charge in [-0.1, -0.05) is 23.7 Å². The lowest BCUT2D eigenvalue weighted by atomic mass is 9.70. The van der Waals surface area contributed by atoms with E-state index in [9.17, 15) is 4.79 Å². The number of halogens is 1. The molecule has 6 heteroatoms. The van der Waals surface area contributed by atoms with Crippen LogP contribution in [-0.4, -0.2) is 29.0 Å². The predicted octanol–water partition coefficient (Wildman–Crippen LogP) is 5.88. The van der Waals surface area contributed by atoms with Gasteiger partial charge >= 0.3 is 0 Å². The number of hydrogen-bond acceptors (Lipinski definition) is 5. The number of Topliss-reactive ketones (excluding diaryl/α,β-unsaturated/α-hetero) is 1. The van der Waals surface area contributed by atoms with E-state index >= 15 is 0 Å². The summed E-state index contributed by atoms with van der Waals surface area (Å²) in [5.41, 5.74) is 2.95. The molecule has 1 aliphatic rings. The van der Waals surface area contributed by atoms with Crippen LogP contribution in [0.4, 0.5) is 0 Å². The van der Waals surface area contributed by atoms with Crippen LogP contribution in [0.5, 0.6) is 0 Å². The standard InChI is InChI=1S/C23H23ClN2O2S/c1-16-21(29-22(26-16)17-3-2-12-25-15-17)20(27)8-9-23(10-13-28-14-11-23)18-4-6-19(24)7-5-18/h2-7,12,15H,8-11,13-14H2,1H3. The first kappa shape index (κ1) is 20.2. The summed E-state index contributed by atoms with van der Waals surface area (Å²) in [6.45, 7) is 3.36. The number of ether oxygens (including phenoxy) is 1. The van der Waals surface area contributed by atoms with E-state index < -0.39 is 0 Å². The summed E-state index contributed by atoms with van der Waals surface area (Å²) < 4.78 is 5.61. The lowest BCUT2D eigenvalue weighted by molar-refractivity contribution is 0.0453. The number of aromatic nitrogens is 2. The number of nitrogens with zero attached hydrogens (tertiary/aromatic N) is 2. The molecule has 0 unspecified atom stereocenters. The van der Waals surface area contributed by atoms with Crippen molar-refractivity contribution >= 4 is 28.7 Å². The minimum atomic E-state index is -0.0384. The number of thiazole rings is 1. The number of ketones is 1. The van der Waals surface area contributed by atoms with E-state index in [2.05, 4.69) is 22.1 Å². The Morgan fingerprint density at radius 1 is 1.21 bits per heavy atom. The number of hydrogen-bond donors (Lipinski definition) is 0. The normalized spacial score (nSPS) is 15.9. The quantitative estimate of drug-likeness (QED) is 0.462. The first-order chi connectivity index (χ1) is 14.1. The number of aryl methyl sites for hydroxylation is 1. The van der Waals surface area contributed by atoms with Gasteiger partial charge in [-0.3, -0.25) is 9.78 Å². The lowest BCUT2D eigenvalue weighted by Crippen LogP contribution is -2.34. The van der Waals surface area contributed by atoms with Crippen molar-refractivity contribution in [1.29, 1.82) is 0 Å². The van der Waals surface area contributed by atoms with Crippen molar-refractivity contribution in [3.8, 4) is 10.6 Å². The molecular formula is C23H23ClN2O2S. The van der Waals surface area contributed by atoms with Gasteiger partial charge in [0.25, 0.3) is 0 Å². The summed E-state index contributed by atoms with van der Waals surface area (Å²) in [7, 11) is 0. The van der Waals surface area contributed by atoms with E-state index in [4.69, 9.17) is 16.3 Å². The Labute approximate surface area is 179 Å². The summed E-state index contributed by atoms with van der Waals surface area (Å²) in [6.07, 6.45) is 6.66. The average molecular weight is 427 g/mol. The van der Waals surface area contributed by atoms with Gasteiger partial charge in [0.05, 0.1) is 10.6 Å². The molecule has 0 N–H and O–H groups in total. The van der Waals surface area contributed by atoms with Crippen molar-refractivity contribution in [1.82, 2.24) is 9.97 Å². The van der Waals surface area contributed by atoms with Crippen LogP contribution in [0.3, 0.4) is 0 Å². The van der Waals surface area contributed by atoms with Crippen LogP contribution < -0.4 is 0 Å². The largest absolute Gasteiger partial charge is 0.381 e. The Hall–Kier alpha value is -2.08. The molecule has 1 fully saturated rings. The van der Waals surface area contributed by atoms with Gasteiger partial charge in [-0.25, -0.2) is 4.98 Å². The molecule has 0 saturated carbocycles. The highest BCUT2D eigenvalue weighted by molar-refractivity contribution is 7.17. The molecule has 0 aliphatic carbocycles. The highest BCUT2D eigenvalue weighted by atomic mass is 35.5. The highest BCUT2D eigenvalue weighted by Crippen LogP contribution is 2.40. The first-order valence-electron chi connectivity index (χ1n) is 9.82. The van der Waals surface area contributed by atoms with Crippen LogP contribution in [0.15, 0.2) is 48.8 Å². The molecule has 0 bridgehead atoms. The Morgan fingerprint density at radius 3 is 2.66 bits per heavy atom. The monoisotopic (exact) mass is 426 g/mol. The molecule has 4 rings (SSSR count). The van der Waals surface area contributed by atoms with E-state index in [-0.39, 0.29) is 11.2 Å². The van der Waals surface area contributed by atoms with Gasteiger partial charge in [-0.05, 0) is 56.0 Å². The molecule has 0 radical (unpaired) electrons. The van der Waals surface area contributed by atoms with E-state index in [1.165, 1.54) is 16.9 Å². The average Bonchev–Trinajstić information content (AvgIpc) is 3.15. The fourth-order valence-electron chi connectivity index (χ4n) is 3.98. The van der Waals surface area contributed by atoms with Crippen molar-refractivity contribution in [3.63, 3.8) is 0 Å². The van der Waals surface area contributed by atoms with Crippen LogP contribution in [0, 0.1) is 6.92 Å². The Morgan fingerprint density at radius 2 is 1.97 bits per heavy atom. The van der Waals surface area contributed by atoms with Crippen LogP contribution in [0.25, 0.3) is 10.6 Å². The molecule has 150 valence electrons. The van der Waals surface area contributed by atoms with Gasteiger partial charge in [-0.15, -0.1) is 11.3 Å². The number of rotatable bonds is 6. The Kier molecular flexibility index (Phi) is 6.09. The molecule has 4 nitrogen and oxygen atoms in total. The van der Waals surface area contributed by atoms with Crippen LogP contribution in [0.1, 0.15) is 46.6 Å². The predicted molar refractivity (Wildman–Crippen MR) is 117 cm³/mol. The zero-order valence-corrected chi connectivity index (χ0v) is 17.9. The van der Waals surface area contributed by atoms with Crippen LogP contribution in [-0.2, 0) is 10.2 Å². The topological polar surface area (TPSA) is 52.1 Å². The molecule has 2 aromatic heterocycles. The molecule has 0 spiro atoms. The third-order valence-corrected chi connectivity index (χ3v) is 7.19. The highest BCUT2D eigenvalue weighted by Gasteiger charge is 2.35. The third-order valence-electron chi connectivity index (χ3n) is 5.70. The van der Waals surface area contributed by atoms with Gasteiger partial charge in [-0.2, -0.15) is 0 Å². The number of carbonyl (C=O) groups excluding carboxylic acids is 1. The maximum absolute atomic E-state index is 13.1. The summed E-state index contributed by atoms with van der Waals surface area (Å²) in [6, 6.07) is 11.9. The maximum Gasteiger partial charge on any atom is 0.174 e. The molecule has 3 aromatic rings. The minimum absolute atomic E-state index is 0.0384. The second kappa shape index (κ2) is 8.74. The van der Waals surface area contributed by atoms with Gasteiger partial charge in [0.2, 0.25) is 0 Å². The molecule has 1 aromatic carbocycles. The van der Waals surface area contributed by atoms with Crippen LogP contribution >= 0.6 is 22.9 Å². The van der Waals surface area contributed by atoms with Crippen LogP contribution in [0.2, 0.25) is 5.02 Å². The summed E-state index contributed by atoms with van der Waals surface area (Å²) in [5.74, 6) is 0.162. The second-order valence-corrected chi connectivity index (χ2v) is 8.93. The first-order valence-corrected chi connectivity index (χ1v) is 11.0. The van der Waals surface area contributed by atoms with Crippen molar-refractivity contribution in [2.75, 3.05) is 13.2 Å². The smallest absolute Gasteiger partial charge is 0.174 e. The molecule has 29 heavy (non-hydrogen) atoms. The van der Waals surface area contributed by atoms with E-state index in [0.717, 1.165) is 58.6 Å². The van der Waals surface area contributed by atoms with E-state index in [1.54, 1.807) is 12.4 Å². The van der Waals surface area contributed by atoms with Gasteiger partial charge in [0.1, 0.15) is 5.01 Å². The molecule has 1 saturated heterocycles. The summed E-state index contributed by atoms with van der Waals surface area (Å²) in [5, 5.41) is 1.58. The molecule has 1 aliphatic heterocycles. The lowest BCUT2D eigenvalue weighted by Gasteiger charge is -2.38. The fourth-order valence-corrected chi connectivity index (χ4v) is 5.13. The van der Waals surface area contributed by atoms with Gasteiger partial charge < -0.3 is 4.74 Å². The molecule has 3 heterocycles. The zero-order chi connectivity index (χ0) is 20.3. The number of carbonyl (C=O) groups is 1. The van der Waals surface area contributed by atoms with E-state index in [0.29, 0.717) is 6.42 Å². The summed E-state index contributed by atoms with van der Waals surface area (Å²) >= 11 is 7.55. The van der Waals surface area contributed by atoms with Gasteiger partial charge in [0.15, 0.2) is 5.78 Å². The van der Waals surface area contributed by atoms with Crippen molar-refractivity contribution in [2.45, 2.75) is 38.0 Å². The van der Waals surface area contributed by atoms with Crippen molar-refractivity contribution < 1.29 is 9.53 Å². The van der Waals surface area contributed by atoms with Gasteiger partial charge in [0, 0.05) is 48.0 Å².